The molecule has 0 spiro atoms. The van der Waals surface area contributed by atoms with Gasteiger partial charge in [0.2, 0.25) is 5.92 Å². The molecular weight excluding hydrogens is 242 g/mol. The lowest BCUT2D eigenvalue weighted by Gasteiger charge is -2.12. The van der Waals surface area contributed by atoms with Crippen molar-refractivity contribution in [1.29, 1.82) is 5.26 Å². The topological polar surface area (TPSA) is 97.2 Å². The maximum atomic E-state index is 12.0. The lowest BCUT2D eigenvalue weighted by atomic mass is 9.98. The summed E-state index contributed by atoms with van der Waals surface area (Å²) in [5, 5.41) is 18.9. The van der Waals surface area contributed by atoms with E-state index in [1.807, 2.05) is 36.4 Å². The van der Waals surface area contributed by atoms with Gasteiger partial charge in [-0.05, 0) is 0 Å². The van der Waals surface area contributed by atoms with Crippen LogP contribution in [0.25, 0.3) is 11.4 Å². The molecule has 1 aliphatic heterocycles. The summed E-state index contributed by atoms with van der Waals surface area (Å²) in [7, 11) is 0. The van der Waals surface area contributed by atoms with E-state index in [9.17, 15) is 4.79 Å². The summed E-state index contributed by atoms with van der Waals surface area (Å²) in [5.41, 5.74) is 1.15. The van der Waals surface area contributed by atoms with E-state index in [-0.39, 0.29) is 0 Å². The van der Waals surface area contributed by atoms with Crippen molar-refractivity contribution in [2.45, 2.75) is 6.42 Å². The van der Waals surface area contributed by atoms with E-state index in [0.717, 1.165) is 5.56 Å². The van der Waals surface area contributed by atoms with Gasteiger partial charge in [0, 0.05) is 5.56 Å². The number of rotatable bonds is 1. The van der Waals surface area contributed by atoms with Gasteiger partial charge in [-0.15, -0.1) is 5.10 Å². The standard InChI is InChI=1S/C13H9N5O/c14-7-9-10(15)6-11-16-12(17-18(11)13(9)19)8-4-2-1-3-5-8/h1-5,9,15H,6H2/p+1/t9-/m1/s1. The first-order chi connectivity index (χ1) is 9.20. The number of aromatic nitrogens is 3. The van der Waals surface area contributed by atoms with Crippen molar-refractivity contribution in [2.24, 2.45) is 5.92 Å². The Morgan fingerprint density at radius 1 is 1.37 bits per heavy atom. The van der Waals surface area contributed by atoms with Crippen LogP contribution in [0.3, 0.4) is 0 Å². The molecule has 1 aromatic heterocycles. The SMILES string of the molecule is N#C[C@@H]1C(=[NH2+])Cc2nc(-c3ccccc3)nn2C1=O. The van der Waals surface area contributed by atoms with Crippen LogP contribution in [0.4, 0.5) is 0 Å². The maximum Gasteiger partial charge on any atom is 0.276 e. The quantitative estimate of drug-likeness (QED) is 0.738. The van der Waals surface area contributed by atoms with Gasteiger partial charge in [0.15, 0.2) is 11.5 Å². The number of hydrogen-bond donors (Lipinski definition) is 1. The smallest absolute Gasteiger partial charge is 0.270 e. The van der Waals surface area contributed by atoms with E-state index < -0.39 is 11.8 Å². The molecule has 2 aromatic rings. The monoisotopic (exact) mass is 252 g/mol. The van der Waals surface area contributed by atoms with Gasteiger partial charge < -0.3 is 0 Å². The Labute approximate surface area is 108 Å². The number of carbonyl (C=O) groups excluding carboxylic acids is 1. The van der Waals surface area contributed by atoms with Crippen LogP contribution in [-0.4, -0.2) is 26.4 Å². The molecule has 0 saturated heterocycles. The normalized spacial score (nSPS) is 17.9. The fourth-order valence-corrected chi connectivity index (χ4v) is 2.05. The van der Waals surface area contributed by atoms with E-state index in [1.54, 1.807) is 0 Å². The fourth-order valence-electron chi connectivity index (χ4n) is 2.05. The van der Waals surface area contributed by atoms with Crippen LogP contribution < -0.4 is 5.41 Å². The van der Waals surface area contributed by atoms with Gasteiger partial charge in [-0.2, -0.15) is 9.94 Å². The van der Waals surface area contributed by atoms with E-state index in [0.29, 0.717) is 23.8 Å². The minimum atomic E-state index is -0.933. The van der Waals surface area contributed by atoms with Crippen molar-refractivity contribution >= 4 is 11.6 Å². The third-order valence-corrected chi connectivity index (χ3v) is 3.02. The number of hydrogen-bond acceptors (Lipinski definition) is 4. The molecule has 6 nitrogen and oxygen atoms in total. The van der Waals surface area contributed by atoms with Gasteiger partial charge in [0.1, 0.15) is 5.82 Å². The molecule has 92 valence electrons. The van der Waals surface area contributed by atoms with Crippen LogP contribution in [0.2, 0.25) is 0 Å². The van der Waals surface area contributed by atoms with E-state index in [1.165, 1.54) is 4.68 Å². The van der Waals surface area contributed by atoms with Crippen molar-refractivity contribution < 1.29 is 10.2 Å². The van der Waals surface area contributed by atoms with Gasteiger partial charge in [-0.3, -0.25) is 10.2 Å². The van der Waals surface area contributed by atoms with Crippen LogP contribution in [0.15, 0.2) is 30.3 Å². The number of benzene rings is 1. The maximum absolute atomic E-state index is 12.0. The largest absolute Gasteiger partial charge is 0.276 e. The average Bonchev–Trinajstić information content (AvgIpc) is 2.84. The molecule has 0 fully saturated rings. The molecular formula is C13H10N5O+. The van der Waals surface area contributed by atoms with Crippen molar-refractivity contribution in [3.8, 4) is 17.5 Å². The Balaban J connectivity index is 2.08. The number of nitrogens with zero attached hydrogens (tertiary/aromatic N) is 4. The van der Waals surface area contributed by atoms with Crippen LogP contribution in [0.5, 0.6) is 0 Å². The van der Waals surface area contributed by atoms with Crippen LogP contribution >= 0.6 is 0 Å². The summed E-state index contributed by atoms with van der Waals surface area (Å²) in [5.74, 6) is -0.419. The predicted octanol–water partition coefficient (Wildman–Crippen LogP) is -0.519. The molecule has 19 heavy (non-hydrogen) atoms. The summed E-state index contributed by atoms with van der Waals surface area (Å²) in [6, 6.07) is 11.2. The number of carbonyl (C=O) groups is 1. The molecule has 0 unspecified atom stereocenters. The second kappa shape index (κ2) is 4.14. The van der Waals surface area contributed by atoms with Gasteiger partial charge >= 0.3 is 0 Å². The Morgan fingerprint density at radius 3 is 2.79 bits per heavy atom. The summed E-state index contributed by atoms with van der Waals surface area (Å²) >= 11 is 0. The van der Waals surface area contributed by atoms with E-state index in [4.69, 9.17) is 10.7 Å². The minimum absolute atomic E-state index is 0.295. The van der Waals surface area contributed by atoms with Gasteiger partial charge in [0.25, 0.3) is 5.91 Å². The van der Waals surface area contributed by atoms with E-state index in [2.05, 4.69) is 10.1 Å². The average molecular weight is 252 g/mol. The highest BCUT2D eigenvalue weighted by atomic mass is 16.2. The molecule has 1 aromatic carbocycles. The summed E-state index contributed by atoms with van der Waals surface area (Å²) < 4.78 is 1.19. The molecule has 2 heterocycles. The van der Waals surface area contributed by atoms with E-state index >= 15 is 0 Å². The third kappa shape index (κ3) is 1.72. The molecule has 1 atom stereocenters. The molecule has 6 heteroatoms. The van der Waals surface area contributed by atoms with Gasteiger partial charge in [0.05, 0.1) is 12.5 Å². The van der Waals surface area contributed by atoms with Crippen LogP contribution in [-0.2, 0) is 6.42 Å². The molecule has 0 aliphatic carbocycles. The zero-order valence-electron chi connectivity index (χ0n) is 9.95. The zero-order valence-corrected chi connectivity index (χ0v) is 9.95. The lowest BCUT2D eigenvalue weighted by Crippen LogP contribution is -2.52. The van der Waals surface area contributed by atoms with Crippen molar-refractivity contribution in [3.63, 3.8) is 0 Å². The zero-order chi connectivity index (χ0) is 13.4. The summed E-state index contributed by atoms with van der Waals surface area (Å²) in [6.07, 6.45) is 0.295. The second-order valence-corrected chi connectivity index (χ2v) is 4.28. The van der Waals surface area contributed by atoms with Gasteiger partial charge in [-0.1, -0.05) is 30.3 Å². The molecule has 0 radical (unpaired) electrons. The third-order valence-electron chi connectivity index (χ3n) is 3.02. The molecule has 0 amide bonds. The van der Waals surface area contributed by atoms with Crippen molar-refractivity contribution in [1.82, 2.24) is 14.8 Å². The van der Waals surface area contributed by atoms with Crippen LogP contribution in [0, 0.1) is 17.2 Å². The highest BCUT2D eigenvalue weighted by Crippen LogP contribution is 2.19. The Hall–Kier alpha value is -2.81. The van der Waals surface area contributed by atoms with Crippen LogP contribution in [0.1, 0.15) is 10.6 Å². The predicted molar refractivity (Wildman–Crippen MR) is 65.8 cm³/mol. The molecule has 2 N–H and O–H groups in total. The lowest BCUT2D eigenvalue weighted by molar-refractivity contribution is -0.120. The number of fused-ring (bicyclic) bond motifs is 1. The van der Waals surface area contributed by atoms with Crippen molar-refractivity contribution in [2.75, 3.05) is 0 Å². The number of nitrogens with two attached hydrogens (primary N) is 1. The fraction of sp³-hybridized carbons (Fsp3) is 0.154. The Kier molecular flexibility index (Phi) is 2.46. The minimum Gasteiger partial charge on any atom is -0.270 e. The Morgan fingerprint density at radius 2 is 2.11 bits per heavy atom. The summed E-state index contributed by atoms with van der Waals surface area (Å²) in [6.45, 7) is 0. The van der Waals surface area contributed by atoms with Gasteiger partial charge in [-0.25, -0.2) is 4.98 Å². The first kappa shape index (κ1) is 11.3. The highest BCUT2D eigenvalue weighted by molar-refractivity contribution is 6.07. The first-order valence-electron chi connectivity index (χ1n) is 5.77. The Bertz CT molecular complexity index is 710. The molecule has 0 saturated carbocycles. The molecule has 0 bridgehead atoms. The summed E-state index contributed by atoms with van der Waals surface area (Å²) in [4.78, 5) is 16.4. The first-order valence-corrected chi connectivity index (χ1v) is 5.77. The van der Waals surface area contributed by atoms with Crippen molar-refractivity contribution in [3.05, 3.63) is 36.2 Å². The number of nitriles is 1. The molecule has 3 rings (SSSR count). The highest BCUT2D eigenvalue weighted by Gasteiger charge is 2.37. The second-order valence-electron chi connectivity index (χ2n) is 4.28. The molecule has 1 aliphatic rings.